The molecule has 4 atom stereocenters. The molecule has 0 amide bonds. The lowest BCUT2D eigenvalue weighted by Gasteiger charge is -2.19. The number of imidazole rings is 1. The van der Waals surface area contributed by atoms with Crippen molar-refractivity contribution >= 4 is 28.7 Å². The second-order valence-corrected chi connectivity index (χ2v) is 14.4. The summed E-state index contributed by atoms with van der Waals surface area (Å²) in [5.74, 6) is -1.76. The van der Waals surface area contributed by atoms with E-state index < -0.39 is 46.0 Å². The minimum absolute atomic E-state index is 0.0138. The molecule has 2 saturated carbocycles. The molecule has 2 aromatic carbocycles. The fraction of sp³-hybridized carbons (Fsp3) is 0.308. The Kier molecular flexibility index (Phi) is 9.92. The highest BCUT2D eigenvalue weighted by Crippen LogP contribution is 2.60. The van der Waals surface area contributed by atoms with Crippen LogP contribution in [0.15, 0.2) is 61.1 Å². The van der Waals surface area contributed by atoms with E-state index in [-0.39, 0.29) is 31.1 Å². The smallest absolute Gasteiger partial charge is 0.307 e. The van der Waals surface area contributed by atoms with Crippen molar-refractivity contribution in [2.45, 2.75) is 57.3 Å². The summed E-state index contributed by atoms with van der Waals surface area (Å²) >= 11 is 6.03. The van der Waals surface area contributed by atoms with E-state index in [1.165, 1.54) is 24.5 Å². The third-order valence-corrected chi connectivity index (χ3v) is 10.3. The zero-order chi connectivity index (χ0) is 39.2. The number of H-pyrrole nitrogens is 1. The van der Waals surface area contributed by atoms with Crippen molar-refractivity contribution in [2.24, 2.45) is 5.92 Å². The summed E-state index contributed by atoms with van der Waals surface area (Å²) in [5.41, 5.74) is 1.77. The number of benzene rings is 2. The number of rotatable bonds is 10. The number of hydrogen-bond donors (Lipinski definition) is 2. The van der Waals surface area contributed by atoms with Crippen molar-refractivity contribution in [3.05, 3.63) is 129 Å². The molecule has 284 valence electrons. The highest BCUT2D eigenvalue weighted by Gasteiger charge is 2.61. The molecule has 4 aromatic heterocycles. The van der Waals surface area contributed by atoms with E-state index in [9.17, 15) is 27.5 Å². The van der Waals surface area contributed by atoms with Crippen molar-refractivity contribution in [3.63, 3.8) is 0 Å². The standard InChI is InChI=1S/C22H18ClF2N5O.C17H16F2N2O3/c1-11-19(9-26-12(2)28-11)31-10-22(13-3-15(24)6-16(25)4-13)7-17(22)20-29-18-5-14(23)8-27-21(18)30-20;1-9-15(7-20-10(2)21-9)24-8-17(6-14(17)16(22)23)11-3-12(18)5-13(19)4-11/h3-6,8-9,17H,7,10H2,1-2H3,(H,27,29,30);3-5,7,14H,6,8H2,1-2H3,(H,22,23)/t17-,22+;14-,17+/m00/s1. The second-order valence-electron chi connectivity index (χ2n) is 13.9. The number of hydrogen-bond acceptors (Lipinski definition) is 9. The van der Waals surface area contributed by atoms with Gasteiger partial charge in [-0.3, -0.25) is 4.79 Å². The molecule has 2 N–H and O–H groups in total. The molecule has 4 heterocycles. The number of ether oxygens (including phenoxy) is 2. The molecular weight excluding hydrogens is 742 g/mol. The van der Waals surface area contributed by atoms with Gasteiger partial charge in [-0.2, -0.15) is 0 Å². The van der Waals surface area contributed by atoms with Gasteiger partial charge in [-0.1, -0.05) is 11.6 Å². The van der Waals surface area contributed by atoms with E-state index >= 15 is 0 Å². The van der Waals surface area contributed by atoms with Crippen LogP contribution in [-0.2, 0) is 15.6 Å². The van der Waals surface area contributed by atoms with Crippen LogP contribution in [0.4, 0.5) is 17.6 Å². The molecule has 16 heteroatoms. The van der Waals surface area contributed by atoms with E-state index in [4.69, 9.17) is 21.1 Å². The highest BCUT2D eigenvalue weighted by molar-refractivity contribution is 6.31. The lowest BCUT2D eigenvalue weighted by atomic mass is 9.93. The van der Waals surface area contributed by atoms with Crippen molar-refractivity contribution in [3.8, 4) is 11.5 Å². The van der Waals surface area contributed by atoms with Crippen LogP contribution >= 0.6 is 11.6 Å². The molecule has 0 spiro atoms. The van der Waals surface area contributed by atoms with Gasteiger partial charge in [0, 0.05) is 35.1 Å². The number of aryl methyl sites for hydroxylation is 4. The Balaban J connectivity index is 0.000000175. The lowest BCUT2D eigenvalue weighted by Crippen LogP contribution is -2.24. The topological polar surface area (TPSA) is 149 Å². The minimum atomic E-state index is -1.01. The van der Waals surface area contributed by atoms with Crippen LogP contribution in [0.2, 0.25) is 5.02 Å². The second kappa shape index (κ2) is 14.5. The third-order valence-electron chi connectivity index (χ3n) is 10.1. The average molecular weight is 776 g/mol. The number of aromatic amines is 1. The molecule has 2 aliphatic rings. The first-order valence-electron chi connectivity index (χ1n) is 17.2. The van der Waals surface area contributed by atoms with Crippen molar-refractivity contribution in [1.29, 1.82) is 0 Å². The molecule has 6 aromatic rings. The van der Waals surface area contributed by atoms with E-state index in [2.05, 4.69) is 34.9 Å². The Hall–Kier alpha value is -5.70. The van der Waals surface area contributed by atoms with Crippen LogP contribution in [0.5, 0.6) is 11.5 Å². The molecule has 2 aliphatic carbocycles. The molecule has 0 radical (unpaired) electrons. The third kappa shape index (κ3) is 7.79. The van der Waals surface area contributed by atoms with E-state index in [0.717, 1.165) is 24.3 Å². The van der Waals surface area contributed by atoms with Gasteiger partial charge in [0.05, 0.1) is 53.5 Å². The van der Waals surface area contributed by atoms with Gasteiger partial charge in [0.15, 0.2) is 17.1 Å². The zero-order valence-corrected chi connectivity index (χ0v) is 30.8. The molecule has 0 bridgehead atoms. The fourth-order valence-corrected chi connectivity index (χ4v) is 7.16. The maximum absolute atomic E-state index is 14.1. The normalized spacial score (nSPS) is 21.1. The van der Waals surface area contributed by atoms with E-state index in [1.54, 1.807) is 33.0 Å². The summed E-state index contributed by atoms with van der Waals surface area (Å²) < 4.78 is 66.9. The summed E-state index contributed by atoms with van der Waals surface area (Å²) in [6, 6.07) is 8.39. The Bertz CT molecular complexity index is 2410. The molecule has 11 nitrogen and oxygen atoms in total. The summed E-state index contributed by atoms with van der Waals surface area (Å²) in [5, 5.41) is 9.80. The summed E-state index contributed by atoms with van der Waals surface area (Å²) in [4.78, 5) is 40.1. The lowest BCUT2D eigenvalue weighted by molar-refractivity contribution is -0.139. The van der Waals surface area contributed by atoms with Crippen LogP contribution in [0.3, 0.4) is 0 Å². The molecule has 0 unspecified atom stereocenters. The highest BCUT2D eigenvalue weighted by atomic mass is 35.5. The number of carboxylic acid groups (broad SMARTS) is 1. The van der Waals surface area contributed by atoms with Gasteiger partial charge in [0.2, 0.25) is 0 Å². The predicted molar refractivity (Wildman–Crippen MR) is 192 cm³/mol. The first kappa shape index (κ1) is 37.6. The Morgan fingerprint density at radius 3 is 1.75 bits per heavy atom. The number of nitrogens with one attached hydrogen (secondary N) is 1. The van der Waals surface area contributed by atoms with Crippen LogP contribution in [0.1, 0.15) is 58.7 Å². The predicted octanol–water partition coefficient (Wildman–Crippen LogP) is 7.59. The SMILES string of the molecule is Cc1ncc(OC[C@@]2(c3cc(F)cc(F)c3)C[C@H]2C(=O)O)c(C)n1.Cc1ncc(OC[C@@]2(c3cc(F)cc(F)c3)C[C@H]2c2nc3ncc(Cl)cc3[nH]2)c(C)n1. The fourth-order valence-electron chi connectivity index (χ4n) is 7.00. The molecule has 55 heavy (non-hydrogen) atoms. The van der Waals surface area contributed by atoms with Crippen LogP contribution in [0.25, 0.3) is 11.2 Å². The van der Waals surface area contributed by atoms with Gasteiger partial charge in [-0.25, -0.2) is 47.5 Å². The average Bonchev–Trinajstić information content (AvgIpc) is 4.00. The maximum atomic E-state index is 14.1. The van der Waals surface area contributed by atoms with Gasteiger partial charge in [0.1, 0.15) is 40.7 Å². The molecular formula is C39H34ClF4N7O4. The van der Waals surface area contributed by atoms with Gasteiger partial charge < -0.3 is 19.6 Å². The van der Waals surface area contributed by atoms with Crippen molar-refractivity contribution < 1.29 is 36.9 Å². The van der Waals surface area contributed by atoms with Crippen molar-refractivity contribution in [1.82, 2.24) is 34.9 Å². The number of carboxylic acids is 1. The first-order valence-corrected chi connectivity index (χ1v) is 17.6. The van der Waals surface area contributed by atoms with Crippen LogP contribution in [0, 0.1) is 56.9 Å². The summed E-state index contributed by atoms with van der Waals surface area (Å²) in [6.07, 6.45) is 5.52. The summed E-state index contributed by atoms with van der Waals surface area (Å²) in [7, 11) is 0. The molecule has 0 saturated heterocycles. The molecule has 0 aliphatic heterocycles. The molecule has 8 rings (SSSR count). The molecule has 2 fully saturated rings. The minimum Gasteiger partial charge on any atom is -0.489 e. The van der Waals surface area contributed by atoms with Crippen molar-refractivity contribution in [2.75, 3.05) is 13.2 Å². The quantitative estimate of drug-likeness (QED) is 0.133. The van der Waals surface area contributed by atoms with E-state index in [0.29, 0.717) is 68.5 Å². The number of carbonyl (C=O) groups is 1. The Morgan fingerprint density at radius 2 is 1.25 bits per heavy atom. The maximum Gasteiger partial charge on any atom is 0.307 e. The number of aliphatic carboxylic acids is 1. The van der Waals surface area contributed by atoms with Gasteiger partial charge >= 0.3 is 5.97 Å². The monoisotopic (exact) mass is 775 g/mol. The van der Waals surface area contributed by atoms with Crippen LogP contribution < -0.4 is 9.47 Å². The number of fused-ring (bicyclic) bond motifs is 1. The first-order chi connectivity index (χ1) is 26.2. The Labute approximate surface area is 317 Å². The number of halogens is 5. The van der Waals surface area contributed by atoms with Gasteiger partial charge in [-0.05, 0) is 82.0 Å². The van der Waals surface area contributed by atoms with Crippen LogP contribution in [-0.4, -0.2) is 59.2 Å². The number of aromatic nitrogens is 7. The zero-order valence-electron chi connectivity index (χ0n) is 30.0. The number of pyridine rings is 1. The van der Waals surface area contributed by atoms with Gasteiger partial charge in [0.25, 0.3) is 0 Å². The largest absolute Gasteiger partial charge is 0.489 e. The Morgan fingerprint density at radius 1 is 0.745 bits per heavy atom. The van der Waals surface area contributed by atoms with E-state index in [1.807, 2.05) is 6.92 Å². The number of nitrogens with zero attached hydrogens (tertiary/aromatic N) is 6. The van der Waals surface area contributed by atoms with Gasteiger partial charge in [-0.15, -0.1) is 0 Å². The summed E-state index contributed by atoms with van der Waals surface area (Å²) in [6.45, 7) is 7.30.